The molecule has 3 heteroatoms. The van der Waals surface area contributed by atoms with Gasteiger partial charge >= 0.3 is 0 Å². The maximum absolute atomic E-state index is 8.40. The van der Waals surface area contributed by atoms with Gasteiger partial charge in [0, 0.05) is 18.8 Å². The number of hydrogen-bond acceptors (Lipinski definition) is 3. The van der Waals surface area contributed by atoms with Crippen molar-refractivity contribution in [3.8, 4) is 6.19 Å². The van der Waals surface area contributed by atoms with Crippen LogP contribution in [-0.2, 0) is 0 Å². The van der Waals surface area contributed by atoms with Crippen LogP contribution in [0, 0.1) is 11.5 Å². The van der Waals surface area contributed by atoms with Gasteiger partial charge in [-0.25, -0.2) is 0 Å². The summed E-state index contributed by atoms with van der Waals surface area (Å²) in [5.41, 5.74) is 0. The van der Waals surface area contributed by atoms with Crippen molar-refractivity contribution in [1.82, 2.24) is 4.90 Å². The van der Waals surface area contributed by atoms with Gasteiger partial charge < -0.3 is 4.90 Å². The summed E-state index contributed by atoms with van der Waals surface area (Å²) in [5.74, 6) is 1.02. The topological polar surface area (TPSA) is 27.0 Å². The molecule has 0 saturated heterocycles. The minimum atomic E-state index is 0.366. The van der Waals surface area contributed by atoms with Crippen molar-refractivity contribution in [2.24, 2.45) is 0 Å². The highest BCUT2D eigenvalue weighted by Crippen LogP contribution is 2.01. The number of thioether (sulfide) groups is 1. The van der Waals surface area contributed by atoms with Crippen molar-refractivity contribution < 1.29 is 0 Å². The molecule has 0 aliphatic carbocycles. The molecule has 0 aromatic heterocycles. The molecule has 52 valence electrons. The third-order valence-corrected chi connectivity index (χ3v) is 2.04. The van der Waals surface area contributed by atoms with E-state index in [9.17, 15) is 0 Å². The lowest BCUT2D eigenvalue weighted by Crippen LogP contribution is -2.25. The van der Waals surface area contributed by atoms with Crippen LogP contribution >= 0.6 is 11.8 Å². The fraction of sp³-hybridized carbons (Fsp3) is 0.833. The predicted molar refractivity (Wildman–Crippen MR) is 41.2 cm³/mol. The smallest absolute Gasteiger partial charge is 0.179 e. The molecule has 0 bridgehead atoms. The van der Waals surface area contributed by atoms with Gasteiger partial charge in [-0.2, -0.15) is 17.0 Å². The molecule has 0 aliphatic heterocycles. The number of hydrogen-bond donors (Lipinski definition) is 0. The normalized spacial score (nSPS) is 12.2. The van der Waals surface area contributed by atoms with Gasteiger partial charge in [0.25, 0.3) is 0 Å². The predicted octanol–water partition coefficient (Wildman–Crippen LogP) is 1.15. The molecular formula is C6H12N2S. The first-order valence-corrected chi connectivity index (χ1v) is 4.23. The maximum atomic E-state index is 8.40. The molecule has 0 aromatic carbocycles. The van der Waals surface area contributed by atoms with Gasteiger partial charge in [-0.15, -0.1) is 0 Å². The highest BCUT2D eigenvalue weighted by molar-refractivity contribution is 7.98. The first kappa shape index (κ1) is 8.64. The zero-order valence-corrected chi connectivity index (χ0v) is 6.90. The van der Waals surface area contributed by atoms with E-state index in [1.54, 1.807) is 23.7 Å². The lowest BCUT2D eigenvalue weighted by molar-refractivity contribution is 0.397. The molecule has 0 N–H and O–H groups in total. The van der Waals surface area contributed by atoms with Crippen LogP contribution < -0.4 is 0 Å². The van der Waals surface area contributed by atoms with Crippen LogP contribution in [-0.4, -0.2) is 30.0 Å². The summed E-state index contributed by atoms with van der Waals surface area (Å²) in [5, 5.41) is 8.40. The van der Waals surface area contributed by atoms with E-state index in [2.05, 4.69) is 6.19 Å². The Morgan fingerprint density at radius 2 is 2.33 bits per heavy atom. The van der Waals surface area contributed by atoms with E-state index < -0.39 is 0 Å². The van der Waals surface area contributed by atoms with E-state index >= 15 is 0 Å². The van der Waals surface area contributed by atoms with Crippen LogP contribution in [0.3, 0.4) is 0 Å². The van der Waals surface area contributed by atoms with Crippen LogP contribution in [0.1, 0.15) is 6.92 Å². The van der Waals surface area contributed by atoms with Crippen LogP contribution in [0.2, 0.25) is 0 Å². The van der Waals surface area contributed by atoms with Crippen LogP contribution in [0.5, 0.6) is 0 Å². The Kier molecular flexibility index (Phi) is 4.33. The van der Waals surface area contributed by atoms with E-state index in [1.807, 2.05) is 13.2 Å². The van der Waals surface area contributed by atoms with Crippen molar-refractivity contribution in [3.05, 3.63) is 0 Å². The Balaban J connectivity index is 3.48. The summed E-state index contributed by atoms with van der Waals surface area (Å²) < 4.78 is 0. The van der Waals surface area contributed by atoms with Crippen molar-refractivity contribution in [2.75, 3.05) is 19.1 Å². The lowest BCUT2D eigenvalue weighted by Gasteiger charge is -2.16. The van der Waals surface area contributed by atoms with E-state index in [0.717, 1.165) is 5.75 Å². The molecule has 0 aromatic rings. The molecule has 0 heterocycles. The Hall–Kier alpha value is -0.360. The van der Waals surface area contributed by atoms with E-state index in [4.69, 9.17) is 5.26 Å². The summed E-state index contributed by atoms with van der Waals surface area (Å²) >= 11 is 1.76. The summed E-state index contributed by atoms with van der Waals surface area (Å²) in [7, 11) is 1.81. The SMILES string of the molecule is CSCC(C)N(C)C#N. The van der Waals surface area contributed by atoms with Gasteiger partial charge in [0.15, 0.2) is 6.19 Å². The molecule has 0 fully saturated rings. The van der Waals surface area contributed by atoms with Gasteiger partial charge in [-0.05, 0) is 13.2 Å². The molecule has 0 saturated carbocycles. The van der Waals surface area contributed by atoms with Crippen molar-refractivity contribution >= 4 is 11.8 Å². The second-order valence-corrected chi connectivity index (χ2v) is 2.93. The highest BCUT2D eigenvalue weighted by atomic mass is 32.2. The minimum absolute atomic E-state index is 0.366. The Bertz CT molecular complexity index is 108. The molecule has 0 amide bonds. The van der Waals surface area contributed by atoms with Gasteiger partial charge in [0.05, 0.1) is 0 Å². The van der Waals surface area contributed by atoms with E-state index in [-0.39, 0.29) is 0 Å². The molecular weight excluding hydrogens is 132 g/mol. The Morgan fingerprint density at radius 3 is 2.67 bits per heavy atom. The van der Waals surface area contributed by atoms with Crippen LogP contribution in [0.25, 0.3) is 0 Å². The van der Waals surface area contributed by atoms with Crippen LogP contribution in [0.4, 0.5) is 0 Å². The lowest BCUT2D eigenvalue weighted by atomic mass is 10.4. The standard InChI is InChI=1S/C6H12N2S/c1-6(4-9-3)8(2)5-7/h6H,4H2,1-3H3. The fourth-order valence-electron chi connectivity index (χ4n) is 0.452. The number of rotatable bonds is 3. The fourth-order valence-corrected chi connectivity index (χ4v) is 1.16. The minimum Gasteiger partial charge on any atom is -0.310 e. The Labute approximate surface area is 60.8 Å². The second kappa shape index (κ2) is 4.51. The first-order chi connectivity index (χ1) is 4.22. The number of nitrogens with zero attached hydrogens (tertiary/aromatic N) is 2. The zero-order valence-electron chi connectivity index (χ0n) is 6.09. The average Bonchev–Trinajstić information content (AvgIpc) is 1.87. The average molecular weight is 144 g/mol. The van der Waals surface area contributed by atoms with Gasteiger partial charge in [-0.3, -0.25) is 0 Å². The Morgan fingerprint density at radius 1 is 1.78 bits per heavy atom. The molecule has 1 atom stereocenters. The molecule has 0 aliphatic rings. The first-order valence-electron chi connectivity index (χ1n) is 2.84. The van der Waals surface area contributed by atoms with Crippen LogP contribution in [0.15, 0.2) is 0 Å². The third kappa shape index (κ3) is 3.26. The van der Waals surface area contributed by atoms with Gasteiger partial charge in [-0.1, -0.05) is 0 Å². The molecule has 0 rings (SSSR count). The van der Waals surface area contributed by atoms with E-state index in [1.165, 1.54) is 0 Å². The van der Waals surface area contributed by atoms with Crippen molar-refractivity contribution in [2.45, 2.75) is 13.0 Å². The van der Waals surface area contributed by atoms with Crippen molar-refractivity contribution in [3.63, 3.8) is 0 Å². The monoisotopic (exact) mass is 144 g/mol. The van der Waals surface area contributed by atoms with E-state index in [0.29, 0.717) is 6.04 Å². The summed E-state index contributed by atoms with van der Waals surface area (Å²) in [6.07, 6.45) is 4.11. The summed E-state index contributed by atoms with van der Waals surface area (Å²) in [6.45, 7) is 2.04. The molecule has 0 spiro atoms. The van der Waals surface area contributed by atoms with Gasteiger partial charge in [0.1, 0.15) is 0 Å². The summed E-state index contributed by atoms with van der Waals surface area (Å²) in [6, 6.07) is 0.366. The van der Waals surface area contributed by atoms with Gasteiger partial charge in [0.2, 0.25) is 0 Å². The zero-order chi connectivity index (χ0) is 7.28. The summed E-state index contributed by atoms with van der Waals surface area (Å²) in [4.78, 5) is 1.66. The second-order valence-electron chi connectivity index (χ2n) is 2.02. The largest absolute Gasteiger partial charge is 0.310 e. The molecule has 1 unspecified atom stereocenters. The highest BCUT2D eigenvalue weighted by Gasteiger charge is 2.03. The molecule has 9 heavy (non-hydrogen) atoms. The maximum Gasteiger partial charge on any atom is 0.179 e. The molecule has 0 radical (unpaired) electrons. The number of nitriles is 1. The van der Waals surface area contributed by atoms with Crippen molar-refractivity contribution in [1.29, 1.82) is 5.26 Å². The molecule has 2 nitrogen and oxygen atoms in total. The quantitative estimate of drug-likeness (QED) is 0.439. The third-order valence-electron chi connectivity index (χ3n) is 1.23.